The molecule has 3 rings (SSSR count). The Morgan fingerprint density at radius 1 is 0.850 bits per heavy atom. The highest BCUT2D eigenvalue weighted by Gasteiger charge is 2.33. The fraction of sp³-hybridized carbons (Fsp3) is 0.125. The molecule has 4 nitrogen and oxygen atoms in total. The zero-order valence-electron chi connectivity index (χ0n) is 11.3. The predicted molar refractivity (Wildman–Crippen MR) is 77.8 cm³/mol. The van der Waals surface area contributed by atoms with E-state index in [1.807, 2.05) is 42.5 Å². The van der Waals surface area contributed by atoms with Gasteiger partial charge in [-0.2, -0.15) is 5.01 Å². The average Bonchev–Trinajstić information content (AvgIpc) is 2.65. The summed E-state index contributed by atoms with van der Waals surface area (Å²) >= 11 is 0. The number of benzene rings is 2. The van der Waals surface area contributed by atoms with E-state index in [1.54, 1.807) is 13.8 Å². The van der Waals surface area contributed by atoms with Crippen LogP contribution < -0.4 is 5.43 Å². The molecule has 0 bridgehead atoms. The number of hydrazine groups is 1. The molecule has 0 aromatic heterocycles. The molecule has 1 heterocycles. The van der Waals surface area contributed by atoms with Crippen molar-refractivity contribution < 1.29 is 9.59 Å². The van der Waals surface area contributed by atoms with Crippen molar-refractivity contribution in [2.45, 2.75) is 13.8 Å². The minimum atomic E-state index is -0.291. The van der Waals surface area contributed by atoms with Crippen LogP contribution in [-0.4, -0.2) is 16.8 Å². The molecule has 0 spiro atoms. The summed E-state index contributed by atoms with van der Waals surface area (Å²) in [6.07, 6.45) is 0. The van der Waals surface area contributed by atoms with E-state index in [1.165, 1.54) is 0 Å². The lowest BCUT2D eigenvalue weighted by molar-refractivity contribution is -0.135. The lowest BCUT2D eigenvalue weighted by Crippen LogP contribution is -2.36. The molecule has 4 heteroatoms. The van der Waals surface area contributed by atoms with Gasteiger partial charge in [0.2, 0.25) is 0 Å². The van der Waals surface area contributed by atoms with Crippen molar-refractivity contribution in [3.63, 3.8) is 0 Å². The summed E-state index contributed by atoms with van der Waals surface area (Å²) < 4.78 is 0. The van der Waals surface area contributed by atoms with E-state index in [4.69, 9.17) is 0 Å². The van der Waals surface area contributed by atoms with Crippen LogP contribution in [0.1, 0.15) is 13.8 Å². The van der Waals surface area contributed by atoms with Crippen LogP contribution in [0.25, 0.3) is 10.8 Å². The van der Waals surface area contributed by atoms with E-state index in [0.29, 0.717) is 16.8 Å². The molecular formula is C16H14N2O2. The zero-order chi connectivity index (χ0) is 14.3. The molecule has 1 N–H and O–H groups in total. The third-order valence-corrected chi connectivity index (χ3v) is 3.60. The molecule has 2 aromatic rings. The molecule has 0 saturated carbocycles. The first-order chi connectivity index (χ1) is 9.58. The van der Waals surface area contributed by atoms with E-state index in [-0.39, 0.29) is 11.8 Å². The molecule has 0 radical (unpaired) electrons. The molecule has 0 fully saturated rings. The van der Waals surface area contributed by atoms with Gasteiger partial charge in [-0.25, -0.2) is 0 Å². The van der Waals surface area contributed by atoms with Crippen molar-refractivity contribution in [2.24, 2.45) is 0 Å². The molecule has 1 aliphatic rings. The summed E-state index contributed by atoms with van der Waals surface area (Å²) in [5, 5.41) is 3.23. The third-order valence-electron chi connectivity index (χ3n) is 3.60. The number of hydrogen-bond donors (Lipinski definition) is 1. The van der Waals surface area contributed by atoms with Crippen molar-refractivity contribution in [1.82, 2.24) is 5.01 Å². The molecular weight excluding hydrogens is 252 g/mol. The van der Waals surface area contributed by atoms with Crippen molar-refractivity contribution in [3.8, 4) is 0 Å². The molecule has 0 saturated heterocycles. The Labute approximate surface area is 116 Å². The van der Waals surface area contributed by atoms with Crippen molar-refractivity contribution in [2.75, 3.05) is 5.43 Å². The van der Waals surface area contributed by atoms with Gasteiger partial charge in [-0.1, -0.05) is 30.3 Å². The van der Waals surface area contributed by atoms with Crippen molar-refractivity contribution in [3.05, 3.63) is 53.6 Å². The Balaban J connectivity index is 1.91. The monoisotopic (exact) mass is 266 g/mol. The van der Waals surface area contributed by atoms with Crippen LogP contribution in [0.2, 0.25) is 0 Å². The highest BCUT2D eigenvalue weighted by atomic mass is 16.2. The highest BCUT2D eigenvalue weighted by molar-refractivity contribution is 6.19. The minimum absolute atomic E-state index is 0.291. The summed E-state index contributed by atoms with van der Waals surface area (Å²) in [5.41, 5.74) is 4.58. The number of nitrogens with zero attached hydrogens (tertiary/aromatic N) is 1. The molecule has 2 amide bonds. The van der Waals surface area contributed by atoms with Gasteiger partial charge < -0.3 is 0 Å². The van der Waals surface area contributed by atoms with Gasteiger partial charge in [0.1, 0.15) is 0 Å². The predicted octanol–water partition coefficient (Wildman–Crippen LogP) is 2.87. The number of carbonyl (C=O) groups excluding carboxylic acids is 2. The molecule has 1 aliphatic heterocycles. The van der Waals surface area contributed by atoms with Crippen LogP contribution in [0.5, 0.6) is 0 Å². The highest BCUT2D eigenvalue weighted by Crippen LogP contribution is 2.23. The maximum atomic E-state index is 12.0. The van der Waals surface area contributed by atoms with Crippen LogP contribution in [-0.2, 0) is 9.59 Å². The van der Waals surface area contributed by atoms with E-state index < -0.39 is 0 Å². The quantitative estimate of drug-likeness (QED) is 0.850. The second kappa shape index (κ2) is 4.49. The zero-order valence-corrected chi connectivity index (χ0v) is 11.3. The molecule has 100 valence electrons. The van der Waals surface area contributed by atoms with Gasteiger partial charge in [0.05, 0.1) is 5.69 Å². The Hall–Kier alpha value is -2.62. The Kier molecular flexibility index (Phi) is 2.79. The van der Waals surface area contributed by atoms with Crippen LogP contribution in [0.15, 0.2) is 53.6 Å². The summed E-state index contributed by atoms with van der Waals surface area (Å²) in [6.45, 7) is 3.33. The normalized spacial score (nSPS) is 15.4. The number of fused-ring (bicyclic) bond motifs is 1. The molecule has 0 unspecified atom stereocenters. The molecule has 0 atom stereocenters. The van der Waals surface area contributed by atoms with Gasteiger partial charge in [0, 0.05) is 11.1 Å². The number of carbonyl (C=O) groups is 2. The first-order valence-electron chi connectivity index (χ1n) is 6.39. The fourth-order valence-electron chi connectivity index (χ4n) is 2.24. The third kappa shape index (κ3) is 1.86. The minimum Gasteiger partial charge on any atom is -0.288 e. The number of amides is 2. The van der Waals surface area contributed by atoms with Crippen LogP contribution in [0.4, 0.5) is 5.69 Å². The van der Waals surface area contributed by atoms with Crippen molar-refractivity contribution in [1.29, 1.82) is 0 Å². The maximum Gasteiger partial charge on any atom is 0.275 e. The van der Waals surface area contributed by atoms with Gasteiger partial charge in [0.15, 0.2) is 0 Å². The van der Waals surface area contributed by atoms with Crippen molar-refractivity contribution >= 4 is 28.3 Å². The van der Waals surface area contributed by atoms with Gasteiger partial charge in [0.25, 0.3) is 11.8 Å². The van der Waals surface area contributed by atoms with Gasteiger partial charge in [-0.3, -0.25) is 15.0 Å². The lowest BCUT2D eigenvalue weighted by atomic mass is 10.1. The van der Waals surface area contributed by atoms with Crippen LogP contribution in [0, 0.1) is 0 Å². The Morgan fingerprint density at radius 2 is 1.45 bits per heavy atom. The van der Waals surface area contributed by atoms with Crippen LogP contribution in [0.3, 0.4) is 0 Å². The maximum absolute atomic E-state index is 12.0. The number of nitrogens with one attached hydrogen (secondary N) is 1. The second-order valence-corrected chi connectivity index (χ2v) is 4.87. The molecule has 2 aromatic carbocycles. The molecule has 20 heavy (non-hydrogen) atoms. The van der Waals surface area contributed by atoms with E-state index >= 15 is 0 Å². The van der Waals surface area contributed by atoms with E-state index in [0.717, 1.165) is 15.8 Å². The standard InChI is InChI=1S/C16H14N2O2/c1-10-11(2)16(20)18(15(10)19)17-14-8-7-12-5-3-4-6-13(12)9-14/h3-9,17H,1-2H3. The van der Waals surface area contributed by atoms with E-state index in [2.05, 4.69) is 5.43 Å². The van der Waals surface area contributed by atoms with Crippen LogP contribution >= 0.6 is 0 Å². The number of imide groups is 1. The summed E-state index contributed by atoms with van der Waals surface area (Å²) in [5.74, 6) is -0.582. The summed E-state index contributed by atoms with van der Waals surface area (Å²) in [6, 6.07) is 13.7. The first-order valence-corrected chi connectivity index (χ1v) is 6.39. The fourth-order valence-corrected chi connectivity index (χ4v) is 2.24. The average molecular weight is 266 g/mol. The van der Waals surface area contributed by atoms with Gasteiger partial charge in [-0.15, -0.1) is 0 Å². The number of anilines is 1. The number of hydrogen-bond acceptors (Lipinski definition) is 3. The Morgan fingerprint density at radius 3 is 2.10 bits per heavy atom. The second-order valence-electron chi connectivity index (χ2n) is 4.87. The lowest BCUT2D eigenvalue weighted by Gasteiger charge is -2.17. The number of rotatable bonds is 2. The first kappa shape index (κ1) is 12.4. The largest absolute Gasteiger partial charge is 0.288 e. The smallest absolute Gasteiger partial charge is 0.275 e. The van der Waals surface area contributed by atoms with E-state index in [9.17, 15) is 9.59 Å². The topological polar surface area (TPSA) is 49.4 Å². The summed E-state index contributed by atoms with van der Waals surface area (Å²) in [4.78, 5) is 24.0. The summed E-state index contributed by atoms with van der Waals surface area (Å²) in [7, 11) is 0. The Bertz CT molecular complexity index is 738. The SMILES string of the molecule is CC1=C(C)C(=O)N(Nc2ccc3ccccc3c2)C1=O. The van der Waals surface area contributed by atoms with Gasteiger partial charge in [-0.05, 0) is 36.8 Å². The van der Waals surface area contributed by atoms with Gasteiger partial charge >= 0.3 is 0 Å². The molecule has 0 aliphatic carbocycles.